The maximum Gasteiger partial charge on any atom is 0.306 e. The number of hydrogen-bond acceptors (Lipinski definition) is 3. The molecule has 0 bridgehead atoms. The highest BCUT2D eigenvalue weighted by Gasteiger charge is 2.58. The first-order chi connectivity index (χ1) is 12.9. The molecule has 0 spiro atoms. The van der Waals surface area contributed by atoms with E-state index in [1.165, 1.54) is 31.3 Å². The molecule has 150 valence electrons. The first kappa shape index (κ1) is 19.2. The van der Waals surface area contributed by atoms with Crippen LogP contribution in [-0.4, -0.2) is 17.9 Å². The van der Waals surface area contributed by atoms with Gasteiger partial charge in [0.05, 0.1) is 0 Å². The average Bonchev–Trinajstić information content (AvgIpc) is 2.99. The molecule has 0 saturated heterocycles. The van der Waals surface area contributed by atoms with Crippen molar-refractivity contribution in [1.82, 2.24) is 0 Å². The number of carbonyl (C=O) groups is 2. The fourth-order valence-electron chi connectivity index (χ4n) is 7.33. The van der Waals surface area contributed by atoms with Crippen molar-refractivity contribution in [3.05, 3.63) is 11.6 Å². The summed E-state index contributed by atoms with van der Waals surface area (Å²) in [5.74, 6) is 3.59. The Morgan fingerprint density at radius 1 is 1.15 bits per heavy atom. The Labute approximate surface area is 164 Å². The van der Waals surface area contributed by atoms with Crippen LogP contribution in [0.2, 0.25) is 0 Å². The van der Waals surface area contributed by atoms with Crippen molar-refractivity contribution < 1.29 is 14.3 Å². The Kier molecular flexibility index (Phi) is 5.24. The SMILES string of the molecule is CC[C@]12CC[C@H]3[C@@H](CCC4=CC(=O)CC[C@@H]43)[C@@H]1CC[C@@H]2OC(=O)CC(C)C. The molecule has 4 aliphatic rings. The largest absolute Gasteiger partial charge is 0.462 e. The lowest BCUT2D eigenvalue weighted by Crippen LogP contribution is -2.49. The Morgan fingerprint density at radius 3 is 2.70 bits per heavy atom. The predicted molar refractivity (Wildman–Crippen MR) is 106 cm³/mol. The second kappa shape index (κ2) is 7.37. The zero-order chi connectivity index (χ0) is 19.2. The highest BCUT2D eigenvalue weighted by Crippen LogP contribution is 2.63. The van der Waals surface area contributed by atoms with Gasteiger partial charge in [-0.2, -0.15) is 0 Å². The van der Waals surface area contributed by atoms with Crippen molar-refractivity contribution in [2.75, 3.05) is 0 Å². The van der Waals surface area contributed by atoms with Crippen molar-refractivity contribution in [2.24, 2.45) is 35.0 Å². The first-order valence-corrected chi connectivity index (χ1v) is 11.4. The van der Waals surface area contributed by atoms with Crippen molar-refractivity contribution in [1.29, 1.82) is 0 Å². The van der Waals surface area contributed by atoms with Crippen LogP contribution in [0.5, 0.6) is 0 Å². The van der Waals surface area contributed by atoms with Crippen molar-refractivity contribution in [3.63, 3.8) is 0 Å². The third kappa shape index (κ3) is 3.29. The molecule has 3 saturated carbocycles. The van der Waals surface area contributed by atoms with Gasteiger partial charge in [-0.1, -0.05) is 26.3 Å². The van der Waals surface area contributed by atoms with E-state index in [9.17, 15) is 9.59 Å². The molecule has 3 nitrogen and oxygen atoms in total. The maximum absolute atomic E-state index is 12.4. The van der Waals surface area contributed by atoms with Gasteiger partial charge in [-0.05, 0) is 87.0 Å². The molecule has 3 heteroatoms. The summed E-state index contributed by atoms with van der Waals surface area (Å²) in [6.07, 6.45) is 12.7. The number of hydrogen-bond donors (Lipinski definition) is 0. The van der Waals surface area contributed by atoms with E-state index in [0.717, 1.165) is 43.9 Å². The Hall–Kier alpha value is -1.12. The molecule has 6 atom stereocenters. The standard InChI is InChI=1S/C24H36O3/c1-4-24-12-11-19-18-8-6-17(25)14-16(18)5-7-20(19)21(24)9-10-22(24)27-23(26)13-15(2)3/h14-15,18-22H,4-13H2,1-3H3/t18-,19+,20+,21-,22-,24-/m0/s1. The van der Waals surface area contributed by atoms with Crippen LogP contribution in [0.3, 0.4) is 0 Å². The lowest BCUT2D eigenvalue weighted by Gasteiger charge is -2.54. The van der Waals surface area contributed by atoms with Gasteiger partial charge in [0.25, 0.3) is 0 Å². The molecule has 4 aliphatic carbocycles. The normalized spacial score (nSPS) is 40.8. The lowest BCUT2D eigenvalue weighted by atomic mass is 9.51. The number of ketones is 1. The highest BCUT2D eigenvalue weighted by molar-refractivity contribution is 5.91. The Balaban J connectivity index is 1.52. The molecular formula is C24H36O3. The number of esters is 1. The molecule has 0 aromatic rings. The number of fused-ring (bicyclic) bond motifs is 5. The van der Waals surface area contributed by atoms with E-state index in [1.54, 1.807) is 0 Å². The van der Waals surface area contributed by atoms with Crippen LogP contribution in [0.4, 0.5) is 0 Å². The van der Waals surface area contributed by atoms with Gasteiger partial charge in [-0.25, -0.2) is 0 Å². The summed E-state index contributed by atoms with van der Waals surface area (Å²) >= 11 is 0. The highest BCUT2D eigenvalue weighted by atomic mass is 16.5. The van der Waals surface area contributed by atoms with E-state index in [-0.39, 0.29) is 17.5 Å². The minimum atomic E-state index is 0.00487. The summed E-state index contributed by atoms with van der Waals surface area (Å²) in [5.41, 5.74) is 1.66. The zero-order valence-electron chi connectivity index (χ0n) is 17.3. The van der Waals surface area contributed by atoms with E-state index < -0.39 is 0 Å². The molecule has 0 aromatic heterocycles. The summed E-state index contributed by atoms with van der Waals surface area (Å²) < 4.78 is 6.09. The molecule has 27 heavy (non-hydrogen) atoms. The van der Waals surface area contributed by atoms with Crippen molar-refractivity contribution >= 4 is 11.8 Å². The summed E-state index contributed by atoms with van der Waals surface area (Å²) in [5, 5.41) is 0. The fourth-order valence-corrected chi connectivity index (χ4v) is 7.33. The topological polar surface area (TPSA) is 43.4 Å². The van der Waals surface area contributed by atoms with Gasteiger partial charge in [0, 0.05) is 18.3 Å². The van der Waals surface area contributed by atoms with E-state index in [1.807, 2.05) is 6.08 Å². The quantitative estimate of drug-likeness (QED) is 0.614. The van der Waals surface area contributed by atoms with Gasteiger partial charge in [0.15, 0.2) is 5.78 Å². The smallest absolute Gasteiger partial charge is 0.306 e. The van der Waals surface area contributed by atoms with Crippen LogP contribution < -0.4 is 0 Å². The van der Waals surface area contributed by atoms with Crippen LogP contribution in [0.25, 0.3) is 0 Å². The molecule has 0 aliphatic heterocycles. The minimum absolute atomic E-state index is 0.00487. The number of allylic oxidation sites excluding steroid dienone is 1. The van der Waals surface area contributed by atoms with E-state index in [4.69, 9.17) is 4.74 Å². The second-order valence-corrected chi connectivity index (χ2v) is 10.1. The van der Waals surface area contributed by atoms with E-state index >= 15 is 0 Å². The van der Waals surface area contributed by atoms with Gasteiger partial charge in [-0.15, -0.1) is 0 Å². The summed E-state index contributed by atoms with van der Waals surface area (Å²) in [4.78, 5) is 24.2. The molecule has 0 amide bonds. The molecule has 0 N–H and O–H groups in total. The maximum atomic E-state index is 12.4. The molecule has 3 fully saturated rings. The zero-order valence-corrected chi connectivity index (χ0v) is 17.3. The lowest BCUT2D eigenvalue weighted by molar-refractivity contribution is -0.161. The summed E-state index contributed by atoms with van der Waals surface area (Å²) in [6.45, 7) is 6.48. The van der Waals surface area contributed by atoms with E-state index in [0.29, 0.717) is 30.0 Å². The third-order valence-electron chi connectivity index (χ3n) is 8.44. The van der Waals surface area contributed by atoms with Gasteiger partial charge in [0.2, 0.25) is 0 Å². The number of carbonyl (C=O) groups excluding carboxylic acids is 2. The van der Waals surface area contributed by atoms with E-state index in [2.05, 4.69) is 20.8 Å². The Morgan fingerprint density at radius 2 is 1.96 bits per heavy atom. The average molecular weight is 373 g/mol. The number of rotatable bonds is 4. The van der Waals surface area contributed by atoms with Gasteiger partial charge in [-0.3, -0.25) is 9.59 Å². The predicted octanol–water partition coefficient (Wildman–Crippen LogP) is 5.48. The first-order valence-electron chi connectivity index (χ1n) is 11.4. The molecule has 0 radical (unpaired) electrons. The van der Waals surface area contributed by atoms with Crippen LogP contribution in [0, 0.1) is 35.0 Å². The molecule has 4 rings (SSSR count). The fraction of sp³-hybridized carbons (Fsp3) is 0.833. The molecule has 0 aromatic carbocycles. The van der Waals surface area contributed by atoms with Gasteiger partial charge < -0.3 is 4.74 Å². The molecular weight excluding hydrogens is 336 g/mol. The van der Waals surface area contributed by atoms with Gasteiger partial charge >= 0.3 is 5.97 Å². The van der Waals surface area contributed by atoms with Crippen LogP contribution in [0.1, 0.15) is 85.0 Å². The van der Waals surface area contributed by atoms with Crippen molar-refractivity contribution in [3.8, 4) is 0 Å². The summed E-state index contributed by atoms with van der Waals surface area (Å²) in [6, 6.07) is 0. The van der Waals surface area contributed by atoms with Gasteiger partial charge in [0.1, 0.15) is 6.10 Å². The van der Waals surface area contributed by atoms with Crippen LogP contribution >= 0.6 is 0 Å². The molecule has 0 heterocycles. The minimum Gasteiger partial charge on any atom is -0.462 e. The second-order valence-electron chi connectivity index (χ2n) is 10.1. The number of ether oxygens (including phenoxy) is 1. The van der Waals surface area contributed by atoms with Crippen LogP contribution in [0.15, 0.2) is 11.6 Å². The van der Waals surface area contributed by atoms with Crippen molar-refractivity contribution in [2.45, 2.75) is 91.1 Å². The monoisotopic (exact) mass is 372 g/mol. The summed E-state index contributed by atoms with van der Waals surface area (Å²) in [7, 11) is 0. The Bertz CT molecular complexity index is 634. The third-order valence-corrected chi connectivity index (χ3v) is 8.44. The molecule has 0 unspecified atom stereocenters. The van der Waals surface area contributed by atoms with Crippen LogP contribution in [-0.2, 0) is 14.3 Å².